The van der Waals surface area contributed by atoms with Crippen LogP contribution in [0.1, 0.15) is 29.7 Å². The van der Waals surface area contributed by atoms with Crippen LogP contribution in [-0.4, -0.2) is 25.6 Å². The number of nitriles is 1. The van der Waals surface area contributed by atoms with Crippen LogP contribution < -0.4 is 10.6 Å². The monoisotopic (exact) mass is 471 g/mol. The Morgan fingerprint density at radius 1 is 1.21 bits per heavy atom. The number of anilines is 2. The zero-order valence-electron chi connectivity index (χ0n) is 17.7. The lowest BCUT2D eigenvalue weighted by Crippen LogP contribution is -2.37. The molecule has 0 amide bonds. The molecule has 1 atom stereocenters. The lowest BCUT2D eigenvalue weighted by Gasteiger charge is -2.35. The fourth-order valence-electron chi connectivity index (χ4n) is 3.81. The second-order valence-electron chi connectivity index (χ2n) is 7.41. The van der Waals surface area contributed by atoms with Crippen LogP contribution in [0.2, 0.25) is 0 Å². The number of allylic oxidation sites excluding steroid dienone is 2. The van der Waals surface area contributed by atoms with E-state index >= 15 is 0 Å². The summed E-state index contributed by atoms with van der Waals surface area (Å²) in [6.45, 7) is 1.46. The summed E-state index contributed by atoms with van der Waals surface area (Å²) in [5, 5.41) is 22.7. The van der Waals surface area contributed by atoms with E-state index in [9.17, 15) is 27.9 Å². The number of aromatic nitrogens is 3. The number of hydrogen-bond acceptors (Lipinski definition) is 6. The molecule has 0 spiro atoms. The molecular formula is C22H16F3N5O4. The number of rotatable bonds is 3. The van der Waals surface area contributed by atoms with Gasteiger partial charge in [-0.25, -0.2) is 18.8 Å². The van der Waals surface area contributed by atoms with Crippen LogP contribution in [0.4, 0.5) is 29.6 Å². The molecule has 34 heavy (non-hydrogen) atoms. The maximum absolute atomic E-state index is 13.4. The number of halogens is 3. The van der Waals surface area contributed by atoms with E-state index < -0.39 is 29.6 Å². The Hall–Kier alpha value is -4.53. The third kappa shape index (κ3) is 3.77. The van der Waals surface area contributed by atoms with E-state index in [-0.39, 0.29) is 23.1 Å². The van der Waals surface area contributed by atoms with Crippen LogP contribution in [-0.2, 0) is 18.0 Å². The fourth-order valence-corrected chi connectivity index (χ4v) is 3.81. The Kier molecular flexibility index (Phi) is 5.40. The third-order valence-corrected chi connectivity index (χ3v) is 5.32. The lowest BCUT2D eigenvalue weighted by atomic mass is 10.00. The second-order valence-corrected chi connectivity index (χ2v) is 7.41. The van der Waals surface area contributed by atoms with Crippen LogP contribution >= 0.6 is 0 Å². The smallest absolute Gasteiger partial charge is 0.449 e. The summed E-state index contributed by atoms with van der Waals surface area (Å²) in [7, 11) is 1.36. The Morgan fingerprint density at radius 2 is 1.88 bits per heavy atom. The van der Waals surface area contributed by atoms with Crippen molar-refractivity contribution >= 4 is 17.8 Å². The van der Waals surface area contributed by atoms with Crippen LogP contribution in [0.25, 0.3) is 0 Å². The summed E-state index contributed by atoms with van der Waals surface area (Å²) < 4.78 is 47.3. The number of nitrogens with zero attached hydrogens (tertiary/aromatic N) is 5. The predicted molar refractivity (Wildman–Crippen MR) is 112 cm³/mol. The number of carboxylic acid groups (broad SMARTS) is 1. The molecular weight excluding hydrogens is 455 g/mol. The van der Waals surface area contributed by atoms with E-state index in [1.54, 1.807) is 0 Å². The molecule has 0 fully saturated rings. The van der Waals surface area contributed by atoms with E-state index in [2.05, 4.69) is 5.10 Å². The Morgan fingerprint density at radius 3 is 2.47 bits per heavy atom. The molecule has 1 aliphatic rings. The SMILES string of the molecule is CC1=C(OC(=O)O)C(c2ccc(C#N)cc2)n2c(nn(C)c2=O)N1c1cccc(C(F)(F)F)c1. The average Bonchev–Trinajstić information content (AvgIpc) is 3.07. The Balaban J connectivity index is 2.00. The molecule has 4 rings (SSSR count). The molecule has 0 aliphatic carbocycles. The first kappa shape index (κ1) is 22.7. The molecule has 12 heteroatoms. The Labute approximate surface area is 190 Å². The zero-order valence-corrected chi connectivity index (χ0v) is 17.7. The van der Waals surface area contributed by atoms with E-state index in [1.807, 2.05) is 6.07 Å². The predicted octanol–water partition coefficient (Wildman–Crippen LogP) is 4.14. The number of hydrogen-bond donors (Lipinski definition) is 1. The number of aryl methyl sites for hydroxylation is 1. The van der Waals surface area contributed by atoms with Gasteiger partial charge in [0.1, 0.15) is 6.04 Å². The number of benzene rings is 2. The normalized spacial score (nSPS) is 15.6. The van der Waals surface area contributed by atoms with Gasteiger partial charge < -0.3 is 9.84 Å². The minimum atomic E-state index is -4.63. The van der Waals surface area contributed by atoms with Gasteiger partial charge in [0.05, 0.1) is 22.9 Å². The van der Waals surface area contributed by atoms with Crippen molar-refractivity contribution < 1.29 is 27.8 Å². The van der Waals surface area contributed by atoms with Crippen LogP contribution in [0, 0.1) is 11.3 Å². The average molecular weight is 471 g/mol. The number of ether oxygens (including phenoxy) is 1. The fraction of sp³-hybridized carbons (Fsp3) is 0.182. The third-order valence-electron chi connectivity index (χ3n) is 5.32. The highest BCUT2D eigenvalue weighted by molar-refractivity contribution is 5.68. The quantitative estimate of drug-likeness (QED) is 0.571. The highest BCUT2D eigenvalue weighted by Crippen LogP contribution is 2.42. The summed E-state index contributed by atoms with van der Waals surface area (Å²) in [5.74, 6) is -0.228. The summed E-state index contributed by atoms with van der Waals surface area (Å²) in [6.07, 6.45) is -6.30. The summed E-state index contributed by atoms with van der Waals surface area (Å²) in [5.41, 5.74) is -0.712. The van der Waals surface area contributed by atoms with Crippen LogP contribution in [0.5, 0.6) is 0 Å². The first-order chi connectivity index (χ1) is 16.0. The largest absolute Gasteiger partial charge is 0.511 e. The molecule has 0 bridgehead atoms. The molecule has 1 N–H and O–H groups in total. The maximum atomic E-state index is 13.4. The molecule has 3 aromatic rings. The van der Waals surface area contributed by atoms with Crippen LogP contribution in [0.15, 0.2) is 64.8 Å². The van der Waals surface area contributed by atoms with Crippen molar-refractivity contribution in [2.45, 2.75) is 19.1 Å². The van der Waals surface area contributed by atoms with Gasteiger partial charge in [-0.05, 0) is 42.8 Å². The van der Waals surface area contributed by atoms with Gasteiger partial charge in [-0.2, -0.15) is 18.4 Å². The van der Waals surface area contributed by atoms with E-state index in [1.165, 1.54) is 55.3 Å². The highest BCUT2D eigenvalue weighted by Gasteiger charge is 2.39. The number of alkyl halides is 3. The van der Waals surface area contributed by atoms with E-state index in [4.69, 9.17) is 10.00 Å². The van der Waals surface area contributed by atoms with Gasteiger partial charge in [0, 0.05) is 12.7 Å². The van der Waals surface area contributed by atoms with Crippen molar-refractivity contribution in [3.8, 4) is 6.07 Å². The topological polar surface area (TPSA) is 113 Å². The molecule has 1 unspecified atom stereocenters. The summed E-state index contributed by atoms with van der Waals surface area (Å²) >= 11 is 0. The highest BCUT2D eigenvalue weighted by atomic mass is 19.4. The van der Waals surface area contributed by atoms with Gasteiger partial charge in [-0.15, -0.1) is 5.10 Å². The molecule has 0 saturated carbocycles. The number of carbonyl (C=O) groups is 1. The summed E-state index contributed by atoms with van der Waals surface area (Å²) in [6, 6.07) is 11.3. The lowest BCUT2D eigenvalue weighted by molar-refractivity contribution is -0.137. The second kappa shape index (κ2) is 8.11. The molecule has 174 valence electrons. The van der Waals surface area contributed by atoms with Crippen molar-refractivity contribution in [2.75, 3.05) is 4.90 Å². The zero-order chi connectivity index (χ0) is 24.8. The number of fused-ring (bicyclic) bond motifs is 1. The maximum Gasteiger partial charge on any atom is 0.511 e. The molecule has 1 aromatic heterocycles. The Bertz CT molecular complexity index is 1410. The van der Waals surface area contributed by atoms with Crippen molar-refractivity contribution in [1.29, 1.82) is 5.26 Å². The van der Waals surface area contributed by atoms with Gasteiger partial charge in [-0.3, -0.25) is 4.90 Å². The van der Waals surface area contributed by atoms with Crippen molar-refractivity contribution in [3.63, 3.8) is 0 Å². The first-order valence-corrected chi connectivity index (χ1v) is 9.77. The van der Waals surface area contributed by atoms with Gasteiger partial charge in [0.25, 0.3) is 0 Å². The van der Waals surface area contributed by atoms with Gasteiger partial charge in [0.15, 0.2) is 5.76 Å². The van der Waals surface area contributed by atoms with E-state index in [0.717, 1.165) is 21.4 Å². The minimum absolute atomic E-state index is 0.00365. The van der Waals surface area contributed by atoms with Gasteiger partial charge in [-0.1, -0.05) is 18.2 Å². The molecule has 2 aromatic carbocycles. The molecule has 2 heterocycles. The molecule has 0 saturated heterocycles. The van der Waals surface area contributed by atoms with Crippen molar-refractivity contribution in [3.05, 3.63) is 87.2 Å². The van der Waals surface area contributed by atoms with Crippen molar-refractivity contribution in [2.24, 2.45) is 7.05 Å². The molecule has 0 radical (unpaired) electrons. The minimum Gasteiger partial charge on any atom is -0.449 e. The summed E-state index contributed by atoms with van der Waals surface area (Å²) in [4.78, 5) is 25.8. The van der Waals surface area contributed by atoms with Crippen LogP contribution in [0.3, 0.4) is 0 Å². The standard InChI is InChI=1S/C22H16F3N5O4/c1-12-18(34-21(32)33)17(14-8-6-13(11-26)7-9-14)30-19(27-28(2)20(30)31)29(12)16-5-3-4-15(10-16)22(23,24)25/h3-10,17H,1-2H3,(H,32,33). The van der Waals surface area contributed by atoms with Crippen molar-refractivity contribution in [1.82, 2.24) is 14.3 Å². The van der Waals surface area contributed by atoms with E-state index in [0.29, 0.717) is 11.1 Å². The van der Waals surface area contributed by atoms with Gasteiger partial charge >= 0.3 is 18.0 Å². The molecule has 1 aliphatic heterocycles. The molecule has 9 nitrogen and oxygen atoms in total. The van der Waals surface area contributed by atoms with Gasteiger partial charge in [0.2, 0.25) is 5.95 Å². The first-order valence-electron chi connectivity index (χ1n) is 9.77.